The van der Waals surface area contributed by atoms with E-state index in [2.05, 4.69) is 187 Å². The van der Waals surface area contributed by atoms with E-state index in [4.69, 9.17) is 11.3 Å². The molecule has 458 valence electrons. The molecule has 2 aromatic heterocycles. The minimum absolute atomic E-state index is 0.0307. The first kappa shape index (κ1) is 45.4. The Balaban J connectivity index is 1.12. The molecule has 0 N–H and O–H groups in total. The Bertz CT molecular complexity index is 6170. The fraction of sp³-hybridized carbons (Fsp3) is 0.133. The molecule has 0 aliphatic carbocycles. The van der Waals surface area contributed by atoms with Crippen molar-refractivity contribution in [3.63, 3.8) is 0 Å². The number of fused-ring (bicyclic) bond motifs is 10. The first-order valence-corrected chi connectivity index (χ1v) is 32.5. The fourth-order valence-corrected chi connectivity index (χ4v) is 14.5. The second kappa shape index (κ2) is 21.9. The molecule has 2 aliphatic heterocycles. The summed E-state index contributed by atoms with van der Waals surface area (Å²) < 4.78 is 130. The number of aromatic nitrogens is 1. The summed E-state index contributed by atoms with van der Waals surface area (Å²) in [5, 5.41) is 1.51. The summed E-state index contributed by atoms with van der Waals surface area (Å²) in [7, 11) is 0. The van der Waals surface area contributed by atoms with Crippen LogP contribution in [0.4, 0.5) is 34.1 Å². The zero-order chi connectivity index (χ0) is 76.0. The Hall–Kier alpha value is -10.9. The van der Waals surface area contributed by atoms with Crippen LogP contribution in [0.25, 0.3) is 105 Å². The molecule has 0 saturated carbocycles. The lowest BCUT2D eigenvalue weighted by molar-refractivity contribution is 0.569. The van der Waals surface area contributed by atoms with Crippen LogP contribution in [0, 0.1) is 0 Å². The van der Waals surface area contributed by atoms with Gasteiger partial charge in [-0.2, -0.15) is 0 Å². The van der Waals surface area contributed by atoms with Gasteiger partial charge in [0.05, 0.1) is 45.6 Å². The summed E-state index contributed by atoms with van der Waals surface area (Å²) in [5.74, 6) is 0. The van der Waals surface area contributed by atoms with Gasteiger partial charge in [-0.25, -0.2) is 0 Å². The highest BCUT2D eigenvalue weighted by Crippen LogP contribution is 2.56. The average Bonchev–Trinajstić information content (AvgIpc) is 1.14. The number of furan rings is 1. The lowest BCUT2D eigenvalue weighted by atomic mass is 9.33. The normalized spacial score (nSPS) is 15.0. The zero-order valence-corrected chi connectivity index (χ0v) is 54.5. The largest absolute Gasteiger partial charge is 0.456 e. The van der Waals surface area contributed by atoms with E-state index in [9.17, 15) is 11.0 Å². The molecule has 0 atom stereocenters. The number of para-hydroxylation sites is 3. The van der Waals surface area contributed by atoms with Crippen LogP contribution in [0.3, 0.4) is 0 Å². The zero-order valence-electron chi connectivity index (χ0n) is 67.5. The molecular weight excluding hydrogens is 1150 g/mol. The quantitative estimate of drug-likeness (QED) is 0.142. The van der Waals surface area contributed by atoms with Crippen molar-refractivity contribution in [3.8, 4) is 61.3 Å². The van der Waals surface area contributed by atoms with Gasteiger partial charge in [-0.15, -0.1) is 0 Å². The number of anilines is 6. The van der Waals surface area contributed by atoms with Gasteiger partial charge in [-0.05, 0) is 161 Å². The number of hydrogen-bond donors (Lipinski definition) is 0. The molecule has 0 unspecified atom stereocenters. The lowest BCUT2D eigenvalue weighted by Crippen LogP contribution is -2.61. The molecule has 13 aromatic carbocycles. The van der Waals surface area contributed by atoms with Gasteiger partial charge >= 0.3 is 0 Å². The van der Waals surface area contributed by atoms with Gasteiger partial charge < -0.3 is 18.8 Å². The summed E-state index contributed by atoms with van der Waals surface area (Å²) in [4.78, 5) is 4.69. The van der Waals surface area contributed by atoms with Crippen LogP contribution in [0.2, 0.25) is 0 Å². The molecule has 0 amide bonds. The highest BCUT2D eigenvalue weighted by atomic mass is 16.3. The van der Waals surface area contributed by atoms with Gasteiger partial charge in [0.1, 0.15) is 11.2 Å². The molecule has 0 radical (unpaired) electrons. The van der Waals surface area contributed by atoms with E-state index in [0.717, 1.165) is 111 Å². The first-order valence-electron chi connectivity index (χ1n) is 39.0. The topological polar surface area (TPSA) is 24.6 Å². The molecule has 2 aliphatic rings. The second-order valence-electron chi connectivity index (χ2n) is 28.3. The van der Waals surface area contributed by atoms with Crippen molar-refractivity contribution in [2.45, 2.75) is 78.6 Å². The molecule has 0 bridgehead atoms. The van der Waals surface area contributed by atoms with Crippen molar-refractivity contribution in [1.82, 2.24) is 4.57 Å². The summed E-state index contributed by atoms with van der Waals surface area (Å²) >= 11 is 0. The smallest absolute Gasteiger partial charge is 0.252 e. The Morgan fingerprint density at radius 3 is 1.39 bits per heavy atom. The van der Waals surface area contributed by atoms with E-state index in [1.54, 1.807) is 4.57 Å². The summed E-state index contributed by atoms with van der Waals surface area (Å²) in [6.07, 6.45) is 0. The van der Waals surface area contributed by atoms with Crippen LogP contribution in [0.1, 0.15) is 96.8 Å². The summed E-state index contributed by atoms with van der Waals surface area (Å²) in [6, 6.07) is 64.9. The second-order valence-corrected chi connectivity index (χ2v) is 28.3. The SMILES string of the molecule is [2H]c1c([2H])c([2H])c(-c2ccc3c(c2)N(c2c(-c4ccccc4)cc(C(C)(C)C)cc2-c2ccccc2)c2cc(-c4cc(C(C)(C)C)cc(C(C)(C)C)c4)cc4c2B3c2ccc(-n3c5c([2H])c([2H])c([2H])c([2H])c5c5c([2H])c([2H])c([2H])c([2H])c53)cc2N4c2c(-c3ccccc3)ccc3oc4ccccc4c23)c([2H])c1[2H]. The standard InChI is InChI=1S/C90H74BN3O/c1-88(2,3)64-48-62(49-65(53-64)89(4,5)6)63-51-80-85-81(52-63)94(87-68(58-30-16-11-17-31-58)44-47-83-84(87)71-38-24-27-41-82(71)95-83)79-56-67(92-76-39-25-22-36-69(76)70-37-23-26-40-77(70)92)43-46-75(79)91(85)74-45-42-61(57-28-14-10-15-29-57)50-78(74)93(80)86-72(59-32-18-12-19-33-59)54-66(90(7,8)9)55-73(86)60-34-20-13-21-35-60/h10-56H,1-9H3/i10D,14D,15D,22D,23D,25D,26D,28D,29D,36D,37D,39D,40D. The van der Waals surface area contributed by atoms with E-state index in [1.807, 2.05) is 91.0 Å². The van der Waals surface area contributed by atoms with Gasteiger partial charge in [-0.3, -0.25) is 0 Å². The van der Waals surface area contributed by atoms with Crippen molar-refractivity contribution in [1.29, 1.82) is 0 Å². The van der Waals surface area contributed by atoms with Crippen LogP contribution in [0.15, 0.2) is 289 Å². The maximum Gasteiger partial charge on any atom is 0.252 e. The molecule has 5 heteroatoms. The van der Waals surface area contributed by atoms with Gasteiger partial charge in [0, 0.05) is 61.3 Å². The predicted molar refractivity (Wildman–Crippen MR) is 405 cm³/mol. The third kappa shape index (κ3) is 9.57. The van der Waals surface area contributed by atoms with Crippen molar-refractivity contribution < 1.29 is 22.2 Å². The Morgan fingerprint density at radius 2 is 0.811 bits per heavy atom. The van der Waals surface area contributed by atoms with Gasteiger partial charge in [0.25, 0.3) is 6.71 Å². The van der Waals surface area contributed by atoms with Crippen LogP contribution >= 0.6 is 0 Å². The monoisotopic (exact) mass is 1240 g/mol. The third-order valence-corrected chi connectivity index (χ3v) is 19.3. The first-order chi connectivity index (χ1) is 51.4. The van der Waals surface area contributed by atoms with E-state index in [-0.39, 0.29) is 55.7 Å². The molecule has 4 heterocycles. The van der Waals surface area contributed by atoms with Crippen molar-refractivity contribution >= 4 is 101 Å². The molecule has 15 aromatic rings. The molecule has 0 saturated heterocycles. The summed E-state index contributed by atoms with van der Waals surface area (Å²) in [6.45, 7) is 19.3. The Labute approximate surface area is 576 Å². The average molecular weight is 1240 g/mol. The number of benzene rings is 13. The van der Waals surface area contributed by atoms with Crippen molar-refractivity contribution in [3.05, 3.63) is 301 Å². The minimum atomic E-state index is -0.710. The molecular formula is C90H74BN3O. The number of rotatable bonds is 8. The fourth-order valence-electron chi connectivity index (χ4n) is 14.5. The predicted octanol–water partition coefficient (Wildman–Crippen LogP) is 23.0. The molecule has 4 nitrogen and oxygen atoms in total. The van der Waals surface area contributed by atoms with E-state index >= 15 is 0 Å². The molecule has 0 spiro atoms. The van der Waals surface area contributed by atoms with Crippen LogP contribution in [0.5, 0.6) is 0 Å². The van der Waals surface area contributed by atoms with E-state index in [1.165, 1.54) is 0 Å². The Kier molecular flexibility index (Phi) is 10.5. The highest BCUT2D eigenvalue weighted by molar-refractivity contribution is 7.00. The van der Waals surface area contributed by atoms with Gasteiger partial charge in [0.15, 0.2) is 0 Å². The maximum absolute atomic E-state index is 9.82. The van der Waals surface area contributed by atoms with Crippen LogP contribution < -0.4 is 26.2 Å². The van der Waals surface area contributed by atoms with Gasteiger partial charge in [-0.1, -0.05) is 274 Å². The number of hydrogen-bond acceptors (Lipinski definition) is 3. The van der Waals surface area contributed by atoms with E-state index < -0.39 is 73.2 Å². The minimum Gasteiger partial charge on any atom is -0.456 e. The maximum atomic E-state index is 9.82. The lowest BCUT2D eigenvalue weighted by Gasteiger charge is -2.46. The molecule has 17 rings (SSSR count). The van der Waals surface area contributed by atoms with Crippen LogP contribution in [-0.2, 0) is 16.2 Å². The molecule has 95 heavy (non-hydrogen) atoms. The molecule has 0 fully saturated rings. The van der Waals surface area contributed by atoms with Crippen molar-refractivity contribution in [2.24, 2.45) is 0 Å². The van der Waals surface area contributed by atoms with Crippen molar-refractivity contribution in [2.75, 3.05) is 9.80 Å². The third-order valence-electron chi connectivity index (χ3n) is 19.3. The highest BCUT2D eigenvalue weighted by Gasteiger charge is 2.46. The Morgan fingerprint density at radius 1 is 0.337 bits per heavy atom. The van der Waals surface area contributed by atoms with Crippen LogP contribution in [-0.4, -0.2) is 11.3 Å². The summed E-state index contributed by atoms with van der Waals surface area (Å²) in [5.41, 5.74) is 18.2. The number of nitrogens with zero attached hydrogens (tertiary/aromatic N) is 3. The van der Waals surface area contributed by atoms with Gasteiger partial charge in [0.2, 0.25) is 0 Å². The van der Waals surface area contributed by atoms with E-state index in [0.29, 0.717) is 33.8 Å².